The van der Waals surface area contributed by atoms with Crippen molar-refractivity contribution in [1.29, 1.82) is 0 Å². The van der Waals surface area contributed by atoms with Crippen molar-refractivity contribution >= 4 is 26.0 Å². The molecule has 0 aliphatic heterocycles. The van der Waals surface area contributed by atoms with Gasteiger partial charge < -0.3 is 0 Å². The molecule has 0 bridgehead atoms. The largest absolute Gasteiger partial charge is 0.297 e. The van der Waals surface area contributed by atoms with Crippen LogP contribution >= 0.6 is 15.9 Å². The smallest absolute Gasteiger partial charge is 0.265 e. The molecule has 0 aromatic heterocycles. The van der Waals surface area contributed by atoms with E-state index in [2.05, 4.69) is 15.9 Å². The van der Waals surface area contributed by atoms with E-state index in [1.165, 1.54) is 0 Å². The average Bonchev–Trinajstić information content (AvgIpc) is 2.16. The molecule has 0 amide bonds. The normalized spacial score (nSPS) is 13.8. The van der Waals surface area contributed by atoms with Crippen molar-refractivity contribution in [2.75, 3.05) is 6.61 Å². The highest BCUT2D eigenvalue weighted by atomic mass is 79.9. The van der Waals surface area contributed by atoms with Crippen molar-refractivity contribution in [3.05, 3.63) is 29.8 Å². The molecular weight excluding hydrogens is 280 g/mol. The van der Waals surface area contributed by atoms with Crippen LogP contribution in [0.2, 0.25) is 0 Å². The molecule has 0 saturated heterocycles. The highest BCUT2D eigenvalue weighted by molar-refractivity contribution is 9.09. The molecule has 0 fully saturated rings. The molecule has 0 spiro atoms. The lowest BCUT2D eigenvalue weighted by molar-refractivity contribution is 0.324. The minimum absolute atomic E-state index is 0.0118. The Morgan fingerprint density at radius 3 is 2.33 bits per heavy atom. The van der Waals surface area contributed by atoms with E-state index in [0.29, 0.717) is 0 Å². The zero-order valence-electron chi connectivity index (χ0n) is 8.60. The van der Waals surface area contributed by atoms with E-state index >= 15 is 0 Å². The Hall–Kier alpha value is -0.390. The molecule has 0 heterocycles. The van der Waals surface area contributed by atoms with Gasteiger partial charge in [-0.1, -0.05) is 40.5 Å². The van der Waals surface area contributed by atoms with Crippen LogP contribution in [0, 0.1) is 6.92 Å². The summed E-state index contributed by atoms with van der Waals surface area (Å²) in [6.07, 6.45) is 0. The molecule has 84 valence electrons. The number of hydrogen-bond acceptors (Lipinski definition) is 3. The van der Waals surface area contributed by atoms with Crippen molar-refractivity contribution in [3.63, 3.8) is 0 Å². The summed E-state index contributed by atoms with van der Waals surface area (Å²) in [5, 5.41) is 0. The molecule has 0 aliphatic rings. The number of benzene rings is 1. The van der Waals surface area contributed by atoms with Gasteiger partial charge in [-0.2, -0.15) is 8.42 Å². The third-order valence-electron chi connectivity index (χ3n) is 1.76. The van der Waals surface area contributed by atoms with Gasteiger partial charge in [0.15, 0.2) is 0 Å². The maximum Gasteiger partial charge on any atom is 0.297 e. The van der Waals surface area contributed by atoms with Crippen LogP contribution in [0.5, 0.6) is 0 Å². The molecule has 1 aromatic carbocycles. The SMILES string of the molecule is Cc1ccc(S(=O)(=O)OCC(C)Br)cc1. The second-order valence-electron chi connectivity index (χ2n) is 3.33. The summed E-state index contributed by atoms with van der Waals surface area (Å²) in [6, 6.07) is 6.58. The van der Waals surface area contributed by atoms with Crippen molar-refractivity contribution in [2.24, 2.45) is 0 Å². The maximum atomic E-state index is 11.6. The van der Waals surface area contributed by atoms with Gasteiger partial charge in [-0.05, 0) is 19.1 Å². The van der Waals surface area contributed by atoms with E-state index in [0.717, 1.165) is 5.56 Å². The van der Waals surface area contributed by atoms with Gasteiger partial charge in [0.25, 0.3) is 10.1 Å². The van der Waals surface area contributed by atoms with Gasteiger partial charge in [-0.3, -0.25) is 4.18 Å². The first-order valence-electron chi connectivity index (χ1n) is 4.52. The summed E-state index contributed by atoms with van der Waals surface area (Å²) >= 11 is 3.22. The Labute approximate surface area is 98.7 Å². The monoisotopic (exact) mass is 292 g/mol. The predicted octanol–water partition coefficient (Wildman–Crippen LogP) is 2.48. The van der Waals surface area contributed by atoms with Crippen LogP contribution in [0.3, 0.4) is 0 Å². The van der Waals surface area contributed by atoms with Gasteiger partial charge in [0.1, 0.15) is 0 Å². The lowest BCUT2D eigenvalue weighted by Crippen LogP contribution is -2.12. The second kappa shape index (κ2) is 5.09. The van der Waals surface area contributed by atoms with E-state index in [9.17, 15) is 8.42 Å². The summed E-state index contributed by atoms with van der Waals surface area (Å²) in [5.74, 6) is 0. The fourth-order valence-corrected chi connectivity index (χ4v) is 2.25. The van der Waals surface area contributed by atoms with E-state index in [4.69, 9.17) is 4.18 Å². The van der Waals surface area contributed by atoms with E-state index < -0.39 is 10.1 Å². The fraction of sp³-hybridized carbons (Fsp3) is 0.400. The van der Waals surface area contributed by atoms with Crippen LogP contribution in [0.1, 0.15) is 12.5 Å². The zero-order valence-corrected chi connectivity index (χ0v) is 11.0. The Morgan fingerprint density at radius 1 is 1.33 bits per heavy atom. The minimum atomic E-state index is -3.60. The van der Waals surface area contributed by atoms with Crippen LogP contribution in [-0.2, 0) is 14.3 Å². The molecule has 5 heteroatoms. The molecule has 0 N–H and O–H groups in total. The quantitative estimate of drug-likeness (QED) is 0.633. The third kappa shape index (κ3) is 3.93. The Balaban J connectivity index is 2.82. The molecule has 0 aliphatic carbocycles. The van der Waals surface area contributed by atoms with Crippen molar-refractivity contribution in [3.8, 4) is 0 Å². The molecule has 0 saturated carbocycles. The van der Waals surface area contributed by atoms with Crippen LogP contribution in [-0.4, -0.2) is 19.9 Å². The third-order valence-corrected chi connectivity index (χ3v) is 3.32. The molecule has 1 unspecified atom stereocenters. The lowest BCUT2D eigenvalue weighted by Gasteiger charge is -2.06. The number of halogens is 1. The molecule has 1 rings (SSSR count). The van der Waals surface area contributed by atoms with Crippen molar-refractivity contribution < 1.29 is 12.6 Å². The Morgan fingerprint density at radius 2 is 1.87 bits per heavy atom. The first-order chi connectivity index (χ1) is 6.92. The molecule has 15 heavy (non-hydrogen) atoms. The summed E-state index contributed by atoms with van der Waals surface area (Å²) in [6.45, 7) is 3.86. The summed E-state index contributed by atoms with van der Waals surface area (Å²) in [5.41, 5.74) is 1.02. The first kappa shape index (κ1) is 12.7. The number of aryl methyl sites for hydroxylation is 1. The summed E-state index contributed by atoms with van der Waals surface area (Å²) in [7, 11) is -3.60. The summed E-state index contributed by atoms with van der Waals surface area (Å²) < 4.78 is 28.1. The van der Waals surface area contributed by atoms with Gasteiger partial charge in [0.05, 0.1) is 11.5 Å². The van der Waals surface area contributed by atoms with E-state index in [-0.39, 0.29) is 16.3 Å². The fourth-order valence-electron chi connectivity index (χ4n) is 0.956. The predicted molar refractivity (Wildman–Crippen MR) is 62.7 cm³/mol. The van der Waals surface area contributed by atoms with E-state index in [1.807, 2.05) is 13.8 Å². The highest BCUT2D eigenvalue weighted by Gasteiger charge is 2.15. The van der Waals surface area contributed by atoms with Gasteiger partial charge >= 0.3 is 0 Å². The van der Waals surface area contributed by atoms with Gasteiger partial charge in [0.2, 0.25) is 0 Å². The molecule has 1 atom stereocenters. The number of hydrogen-bond donors (Lipinski definition) is 0. The standard InChI is InChI=1S/C10H13BrO3S/c1-8-3-5-10(6-4-8)15(12,13)14-7-9(2)11/h3-6,9H,7H2,1-2H3. The second-order valence-corrected chi connectivity index (χ2v) is 6.51. The molecular formula is C10H13BrO3S. The average molecular weight is 293 g/mol. The van der Waals surface area contributed by atoms with Crippen LogP contribution in [0.15, 0.2) is 29.2 Å². The minimum Gasteiger partial charge on any atom is -0.265 e. The van der Waals surface area contributed by atoms with Crippen LogP contribution in [0.4, 0.5) is 0 Å². The van der Waals surface area contributed by atoms with Gasteiger partial charge in [0, 0.05) is 4.83 Å². The number of rotatable bonds is 4. The topological polar surface area (TPSA) is 43.4 Å². The molecule has 0 radical (unpaired) electrons. The number of alkyl halides is 1. The Bertz CT molecular complexity index is 409. The molecule has 1 aromatic rings. The van der Waals surface area contributed by atoms with Crippen molar-refractivity contribution in [2.45, 2.75) is 23.6 Å². The first-order valence-corrected chi connectivity index (χ1v) is 6.84. The zero-order chi connectivity index (χ0) is 11.5. The Kier molecular flexibility index (Phi) is 4.31. The van der Waals surface area contributed by atoms with Gasteiger partial charge in [-0.25, -0.2) is 0 Å². The maximum absolute atomic E-state index is 11.6. The molecule has 3 nitrogen and oxygen atoms in total. The van der Waals surface area contributed by atoms with E-state index in [1.54, 1.807) is 24.3 Å². The van der Waals surface area contributed by atoms with Crippen LogP contribution in [0.25, 0.3) is 0 Å². The van der Waals surface area contributed by atoms with Gasteiger partial charge in [-0.15, -0.1) is 0 Å². The highest BCUT2D eigenvalue weighted by Crippen LogP contribution is 2.14. The van der Waals surface area contributed by atoms with Crippen LogP contribution < -0.4 is 0 Å². The van der Waals surface area contributed by atoms with Crippen molar-refractivity contribution in [1.82, 2.24) is 0 Å². The summed E-state index contributed by atoms with van der Waals surface area (Å²) in [4.78, 5) is 0.207. The lowest BCUT2D eigenvalue weighted by atomic mass is 10.2.